The fraction of sp³-hybridized carbons (Fsp3) is 0.231. The summed E-state index contributed by atoms with van der Waals surface area (Å²) in [6, 6.07) is 6.27. The van der Waals surface area contributed by atoms with Crippen molar-refractivity contribution >= 4 is 21.6 Å². The monoisotopic (exact) mass is 326 g/mol. The van der Waals surface area contributed by atoms with Crippen LogP contribution in [0.2, 0.25) is 5.02 Å². The Hall–Kier alpha value is -1.54. The molecule has 6 nitrogen and oxygen atoms in total. The summed E-state index contributed by atoms with van der Waals surface area (Å²) in [5.41, 5.74) is 6.84. The van der Waals surface area contributed by atoms with E-state index in [2.05, 4.69) is 14.7 Å². The van der Waals surface area contributed by atoms with Crippen LogP contribution in [0.15, 0.2) is 35.4 Å². The van der Waals surface area contributed by atoms with Gasteiger partial charge < -0.3 is 5.73 Å². The van der Waals surface area contributed by atoms with Crippen molar-refractivity contribution in [2.75, 3.05) is 0 Å². The smallest absolute Gasteiger partial charge is 0.242 e. The molecule has 0 aliphatic carbocycles. The molecule has 0 spiro atoms. The third kappa shape index (κ3) is 3.98. The highest BCUT2D eigenvalue weighted by Gasteiger charge is 2.18. The SMILES string of the molecule is Cc1nccc(CNS(=O)(=O)c2ccc(CN)cc2Cl)n1. The van der Waals surface area contributed by atoms with Crippen molar-refractivity contribution in [2.24, 2.45) is 5.73 Å². The zero-order chi connectivity index (χ0) is 15.5. The molecule has 0 fully saturated rings. The lowest BCUT2D eigenvalue weighted by atomic mass is 10.2. The van der Waals surface area contributed by atoms with Gasteiger partial charge in [-0.15, -0.1) is 0 Å². The number of hydrogen-bond donors (Lipinski definition) is 2. The first-order valence-corrected chi connectivity index (χ1v) is 8.05. The van der Waals surface area contributed by atoms with Crippen molar-refractivity contribution in [3.63, 3.8) is 0 Å². The number of halogens is 1. The van der Waals surface area contributed by atoms with Crippen LogP contribution in [0.3, 0.4) is 0 Å². The van der Waals surface area contributed by atoms with E-state index in [1.165, 1.54) is 6.07 Å². The second-order valence-corrected chi connectivity index (χ2v) is 6.53. The van der Waals surface area contributed by atoms with Gasteiger partial charge in [-0.05, 0) is 30.7 Å². The summed E-state index contributed by atoms with van der Waals surface area (Å²) >= 11 is 6.00. The third-order valence-corrected chi connectivity index (χ3v) is 4.68. The topological polar surface area (TPSA) is 98.0 Å². The normalized spacial score (nSPS) is 11.6. The fourth-order valence-electron chi connectivity index (χ4n) is 1.74. The van der Waals surface area contributed by atoms with Crippen LogP contribution in [0.25, 0.3) is 0 Å². The third-order valence-electron chi connectivity index (χ3n) is 2.80. The van der Waals surface area contributed by atoms with Gasteiger partial charge in [-0.25, -0.2) is 23.1 Å². The Morgan fingerprint density at radius 3 is 2.71 bits per heavy atom. The predicted octanol–water partition coefficient (Wildman–Crippen LogP) is 1.38. The minimum Gasteiger partial charge on any atom is -0.326 e. The number of nitrogens with two attached hydrogens (primary N) is 1. The van der Waals surface area contributed by atoms with E-state index < -0.39 is 10.0 Å². The van der Waals surface area contributed by atoms with Crippen LogP contribution in [0, 0.1) is 6.92 Å². The number of aromatic nitrogens is 2. The molecule has 0 saturated heterocycles. The maximum absolute atomic E-state index is 12.2. The van der Waals surface area contributed by atoms with Crippen molar-refractivity contribution in [1.82, 2.24) is 14.7 Å². The zero-order valence-corrected chi connectivity index (χ0v) is 12.9. The minimum absolute atomic E-state index is 0.0205. The molecule has 0 aliphatic rings. The van der Waals surface area contributed by atoms with Crippen molar-refractivity contribution in [1.29, 1.82) is 0 Å². The average Bonchev–Trinajstić information content (AvgIpc) is 2.45. The highest BCUT2D eigenvalue weighted by molar-refractivity contribution is 7.89. The summed E-state index contributed by atoms with van der Waals surface area (Å²) in [4.78, 5) is 8.11. The summed E-state index contributed by atoms with van der Waals surface area (Å²) in [7, 11) is -3.71. The van der Waals surface area contributed by atoms with E-state index >= 15 is 0 Å². The van der Waals surface area contributed by atoms with Crippen LogP contribution >= 0.6 is 11.6 Å². The largest absolute Gasteiger partial charge is 0.326 e. The molecule has 0 bridgehead atoms. The van der Waals surface area contributed by atoms with Gasteiger partial charge in [-0.2, -0.15) is 0 Å². The van der Waals surface area contributed by atoms with Crippen LogP contribution in [0.5, 0.6) is 0 Å². The molecular formula is C13H15ClN4O2S. The standard InChI is InChI=1S/C13H15ClN4O2S/c1-9-16-5-4-11(18-9)8-17-21(19,20)13-3-2-10(7-15)6-12(13)14/h2-6,17H,7-8,15H2,1H3. The van der Waals surface area contributed by atoms with Crippen LogP contribution in [0.1, 0.15) is 17.1 Å². The number of hydrogen-bond acceptors (Lipinski definition) is 5. The number of rotatable bonds is 5. The second-order valence-electron chi connectivity index (χ2n) is 4.39. The van der Waals surface area contributed by atoms with Crippen LogP contribution in [-0.2, 0) is 23.1 Å². The van der Waals surface area contributed by atoms with Gasteiger partial charge in [0.2, 0.25) is 10.0 Å². The van der Waals surface area contributed by atoms with Crippen LogP contribution < -0.4 is 10.5 Å². The molecule has 3 N–H and O–H groups in total. The lowest BCUT2D eigenvalue weighted by Gasteiger charge is -2.09. The minimum atomic E-state index is -3.71. The van der Waals surface area contributed by atoms with Crippen molar-refractivity contribution < 1.29 is 8.42 Å². The van der Waals surface area contributed by atoms with Gasteiger partial charge in [0, 0.05) is 12.7 Å². The van der Waals surface area contributed by atoms with Gasteiger partial charge in [-0.1, -0.05) is 17.7 Å². The molecule has 2 aromatic rings. The molecule has 0 aliphatic heterocycles. The number of aryl methyl sites for hydroxylation is 1. The van der Waals surface area contributed by atoms with Gasteiger partial charge in [0.15, 0.2) is 0 Å². The molecule has 0 unspecified atom stereocenters. The predicted molar refractivity (Wildman–Crippen MR) is 80.1 cm³/mol. The van der Waals surface area contributed by atoms with Crippen molar-refractivity contribution in [2.45, 2.75) is 24.9 Å². The fourth-order valence-corrected chi connectivity index (χ4v) is 3.30. The maximum Gasteiger partial charge on any atom is 0.242 e. The Bertz CT molecular complexity index is 750. The van der Waals surface area contributed by atoms with E-state index in [0.717, 1.165) is 5.56 Å². The number of nitrogens with zero attached hydrogens (tertiary/aromatic N) is 2. The van der Waals surface area contributed by atoms with Gasteiger partial charge >= 0.3 is 0 Å². The van der Waals surface area contributed by atoms with E-state index in [0.29, 0.717) is 18.1 Å². The molecule has 0 radical (unpaired) electrons. The number of sulfonamides is 1. The van der Waals surface area contributed by atoms with E-state index in [1.807, 2.05) is 0 Å². The molecule has 1 heterocycles. The van der Waals surface area contributed by atoms with Crippen LogP contribution in [-0.4, -0.2) is 18.4 Å². The second kappa shape index (κ2) is 6.48. The zero-order valence-electron chi connectivity index (χ0n) is 11.4. The van der Waals surface area contributed by atoms with Crippen molar-refractivity contribution in [3.8, 4) is 0 Å². The first kappa shape index (κ1) is 15.8. The summed E-state index contributed by atoms with van der Waals surface area (Å²) in [5, 5.41) is 0.143. The molecule has 21 heavy (non-hydrogen) atoms. The Morgan fingerprint density at radius 1 is 1.33 bits per heavy atom. The molecule has 2 rings (SSSR count). The summed E-state index contributed by atoms with van der Waals surface area (Å²) in [6.45, 7) is 2.11. The lowest BCUT2D eigenvalue weighted by Crippen LogP contribution is -2.24. The van der Waals surface area contributed by atoms with E-state index in [1.54, 1.807) is 31.3 Å². The molecule has 112 valence electrons. The quantitative estimate of drug-likeness (QED) is 0.865. The molecule has 1 aromatic heterocycles. The average molecular weight is 327 g/mol. The van der Waals surface area contributed by atoms with Crippen molar-refractivity contribution in [3.05, 3.63) is 52.6 Å². The van der Waals surface area contributed by atoms with E-state index in [9.17, 15) is 8.42 Å². The first-order chi connectivity index (χ1) is 9.92. The summed E-state index contributed by atoms with van der Waals surface area (Å²) in [5.74, 6) is 0.581. The van der Waals surface area contributed by atoms with Gasteiger partial charge in [0.05, 0.1) is 17.3 Å². The Morgan fingerprint density at radius 2 is 2.10 bits per heavy atom. The molecule has 0 saturated carbocycles. The Kier molecular flexibility index (Phi) is 4.89. The van der Waals surface area contributed by atoms with E-state index in [4.69, 9.17) is 17.3 Å². The lowest BCUT2D eigenvalue weighted by molar-refractivity contribution is 0.580. The number of benzene rings is 1. The maximum atomic E-state index is 12.2. The molecule has 8 heteroatoms. The first-order valence-electron chi connectivity index (χ1n) is 6.19. The molecule has 0 atom stereocenters. The molecule has 0 amide bonds. The Labute approximate surface area is 128 Å². The van der Waals surface area contributed by atoms with Crippen LogP contribution in [0.4, 0.5) is 0 Å². The van der Waals surface area contributed by atoms with E-state index in [-0.39, 0.29) is 16.5 Å². The summed E-state index contributed by atoms with van der Waals surface area (Å²) < 4.78 is 26.9. The molecule has 1 aromatic carbocycles. The Balaban J connectivity index is 2.19. The highest BCUT2D eigenvalue weighted by atomic mass is 35.5. The highest BCUT2D eigenvalue weighted by Crippen LogP contribution is 2.22. The summed E-state index contributed by atoms with van der Waals surface area (Å²) in [6.07, 6.45) is 1.58. The van der Waals surface area contributed by atoms with Gasteiger partial charge in [0.25, 0.3) is 0 Å². The van der Waals surface area contributed by atoms with Gasteiger partial charge in [-0.3, -0.25) is 0 Å². The van der Waals surface area contributed by atoms with Gasteiger partial charge in [0.1, 0.15) is 10.7 Å². The number of nitrogens with one attached hydrogen (secondary N) is 1. The molecular weight excluding hydrogens is 312 g/mol.